The Kier molecular flexibility index (Phi) is 7.70. The second-order valence-corrected chi connectivity index (χ2v) is 7.41. The molecule has 0 spiro atoms. The second kappa shape index (κ2) is 10.7. The molecule has 0 aliphatic carbocycles. The number of rotatable bonds is 7. The summed E-state index contributed by atoms with van der Waals surface area (Å²) >= 11 is 11.9. The van der Waals surface area contributed by atoms with E-state index in [-0.39, 0.29) is 12.4 Å². The van der Waals surface area contributed by atoms with Crippen molar-refractivity contribution in [3.8, 4) is 11.5 Å². The van der Waals surface area contributed by atoms with Gasteiger partial charge in [-0.15, -0.1) is 0 Å². The molecule has 2 amide bonds. The Bertz CT molecular complexity index is 1170. The fourth-order valence-electron chi connectivity index (χ4n) is 2.68. The van der Waals surface area contributed by atoms with Crippen molar-refractivity contribution >= 4 is 52.4 Å². The van der Waals surface area contributed by atoms with Crippen LogP contribution in [-0.4, -0.2) is 24.4 Å². The van der Waals surface area contributed by atoms with E-state index in [0.29, 0.717) is 32.7 Å². The van der Waals surface area contributed by atoms with Gasteiger partial charge in [0, 0.05) is 28.9 Å². The van der Waals surface area contributed by atoms with Crippen LogP contribution in [0.1, 0.15) is 17.3 Å². The van der Waals surface area contributed by atoms with E-state index in [2.05, 4.69) is 10.6 Å². The largest absolute Gasteiger partial charge is 0.482 e. The van der Waals surface area contributed by atoms with Gasteiger partial charge in [0.1, 0.15) is 11.5 Å². The summed E-state index contributed by atoms with van der Waals surface area (Å²) in [5.41, 5.74) is 1.24. The van der Waals surface area contributed by atoms with Crippen molar-refractivity contribution in [2.45, 2.75) is 6.92 Å². The average Bonchev–Trinajstić information content (AvgIpc) is 2.73. The molecule has 0 heterocycles. The predicted molar refractivity (Wildman–Crippen MR) is 123 cm³/mol. The number of hydrogen-bond acceptors (Lipinski definition) is 5. The normalized spacial score (nSPS) is 10.2. The zero-order valence-electron chi connectivity index (χ0n) is 16.9. The number of ether oxygens (including phenoxy) is 2. The van der Waals surface area contributed by atoms with Crippen LogP contribution in [-0.2, 0) is 9.59 Å². The van der Waals surface area contributed by atoms with Crippen molar-refractivity contribution in [1.82, 2.24) is 0 Å². The van der Waals surface area contributed by atoms with E-state index in [9.17, 15) is 14.4 Å². The molecule has 7 nitrogen and oxygen atoms in total. The molecule has 9 heteroatoms. The Hall–Kier alpha value is -3.55. The van der Waals surface area contributed by atoms with Gasteiger partial charge in [-0.3, -0.25) is 14.4 Å². The van der Waals surface area contributed by atoms with Gasteiger partial charge in [-0.1, -0.05) is 35.3 Å². The molecular weight excluding hydrogens is 455 g/mol. The van der Waals surface area contributed by atoms with Crippen LogP contribution in [0.5, 0.6) is 11.5 Å². The fourth-order valence-corrected chi connectivity index (χ4v) is 3.14. The molecule has 0 saturated carbocycles. The Morgan fingerprint density at radius 3 is 2.31 bits per heavy atom. The molecule has 0 atom stereocenters. The van der Waals surface area contributed by atoms with E-state index in [4.69, 9.17) is 32.7 Å². The first-order valence-corrected chi connectivity index (χ1v) is 10.1. The van der Waals surface area contributed by atoms with Crippen LogP contribution in [0.3, 0.4) is 0 Å². The Morgan fingerprint density at radius 1 is 0.875 bits per heavy atom. The lowest BCUT2D eigenvalue weighted by atomic mass is 10.2. The molecule has 3 rings (SSSR count). The Labute approximate surface area is 194 Å². The van der Waals surface area contributed by atoms with E-state index in [1.807, 2.05) is 0 Å². The number of esters is 1. The van der Waals surface area contributed by atoms with E-state index in [0.717, 1.165) is 0 Å². The highest BCUT2D eigenvalue weighted by Gasteiger charge is 2.10. The number of hydrogen-bond donors (Lipinski definition) is 2. The summed E-state index contributed by atoms with van der Waals surface area (Å²) in [6.45, 7) is 1.02. The number of carbonyl (C=O) groups excluding carboxylic acids is 3. The first kappa shape index (κ1) is 23.1. The molecule has 0 bridgehead atoms. The van der Waals surface area contributed by atoms with Gasteiger partial charge in [-0.05, 0) is 54.6 Å². The first-order chi connectivity index (χ1) is 15.3. The molecular formula is C23H18Cl2N2O5. The van der Waals surface area contributed by atoms with Crippen LogP contribution in [0, 0.1) is 0 Å². The lowest BCUT2D eigenvalue weighted by molar-refractivity contribution is -0.131. The zero-order chi connectivity index (χ0) is 23.1. The summed E-state index contributed by atoms with van der Waals surface area (Å²) in [5.74, 6) is -0.680. The highest BCUT2D eigenvalue weighted by Crippen LogP contribution is 2.27. The molecule has 0 fully saturated rings. The van der Waals surface area contributed by atoms with Gasteiger partial charge in [0.15, 0.2) is 6.61 Å². The molecule has 0 unspecified atom stereocenters. The minimum absolute atomic E-state index is 0.263. The predicted octanol–water partition coefficient (Wildman–Crippen LogP) is 5.19. The van der Waals surface area contributed by atoms with Crippen molar-refractivity contribution in [2.75, 3.05) is 17.2 Å². The van der Waals surface area contributed by atoms with E-state index in [1.165, 1.54) is 19.1 Å². The lowest BCUT2D eigenvalue weighted by Crippen LogP contribution is -2.20. The minimum Gasteiger partial charge on any atom is -0.482 e. The maximum atomic E-state index is 12.5. The van der Waals surface area contributed by atoms with Crippen LogP contribution in [0.15, 0.2) is 66.7 Å². The molecule has 2 N–H and O–H groups in total. The quantitative estimate of drug-likeness (QED) is 0.364. The number of benzene rings is 3. The Balaban J connectivity index is 1.59. The van der Waals surface area contributed by atoms with Gasteiger partial charge in [-0.2, -0.15) is 0 Å². The topological polar surface area (TPSA) is 93.7 Å². The summed E-state index contributed by atoms with van der Waals surface area (Å²) in [7, 11) is 0. The molecule has 0 aliphatic heterocycles. The van der Waals surface area contributed by atoms with E-state index >= 15 is 0 Å². The lowest BCUT2D eigenvalue weighted by Gasteiger charge is -2.11. The highest BCUT2D eigenvalue weighted by molar-refractivity contribution is 6.35. The number of carbonyl (C=O) groups is 3. The summed E-state index contributed by atoms with van der Waals surface area (Å²) in [4.78, 5) is 35.8. The summed E-state index contributed by atoms with van der Waals surface area (Å²) < 4.78 is 10.4. The van der Waals surface area contributed by atoms with Gasteiger partial charge in [-0.25, -0.2) is 0 Å². The standard InChI is InChI=1S/C23H18Cl2N2O5/c1-14(28)32-19-7-2-4-15(10-19)23(30)27-18-6-3-5-17(12-18)26-22(29)13-31-21-9-8-16(24)11-20(21)25/h2-12H,13H2,1H3,(H,26,29)(H,27,30). The fraction of sp³-hybridized carbons (Fsp3) is 0.0870. The number of amides is 2. The van der Waals surface area contributed by atoms with Gasteiger partial charge >= 0.3 is 5.97 Å². The molecule has 0 aliphatic rings. The summed E-state index contributed by atoms with van der Waals surface area (Å²) in [6, 6.07) is 17.6. The Morgan fingerprint density at radius 2 is 1.59 bits per heavy atom. The molecule has 32 heavy (non-hydrogen) atoms. The molecule has 3 aromatic carbocycles. The third-order valence-electron chi connectivity index (χ3n) is 4.01. The van der Waals surface area contributed by atoms with E-state index in [1.54, 1.807) is 54.6 Å². The van der Waals surface area contributed by atoms with Crippen LogP contribution < -0.4 is 20.1 Å². The van der Waals surface area contributed by atoms with Gasteiger partial charge in [0.25, 0.3) is 11.8 Å². The summed E-state index contributed by atoms with van der Waals surface area (Å²) in [6.07, 6.45) is 0. The van der Waals surface area contributed by atoms with Gasteiger partial charge in [0.05, 0.1) is 5.02 Å². The number of halogens is 2. The highest BCUT2D eigenvalue weighted by atomic mass is 35.5. The number of nitrogens with one attached hydrogen (secondary N) is 2. The molecule has 0 aromatic heterocycles. The van der Waals surface area contributed by atoms with Gasteiger partial charge in [0.2, 0.25) is 0 Å². The first-order valence-electron chi connectivity index (χ1n) is 9.38. The smallest absolute Gasteiger partial charge is 0.308 e. The summed E-state index contributed by atoms with van der Waals surface area (Å²) in [5, 5.41) is 6.18. The zero-order valence-corrected chi connectivity index (χ0v) is 18.4. The SMILES string of the molecule is CC(=O)Oc1cccc(C(=O)Nc2cccc(NC(=O)COc3ccc(Cl)cc3Cl)c2)c1. The second-order valence-electron chi connectivity index (χ2n) is 6.57. The maximum Gasteiger partial charge on any atom is 0.308 e. The van der Waals surface area contributed by atoms with Gasteiger partial charge < -0.3 is 20.1 Å². The molecule has 164 valence electrons. The third kappa shape index (κ3) is 6.73. The maximum absolute atomic E-state index is 12.5. The molecule has 3 aromatic rings. The average molecular weight is 473 g/mol. The molecule has 0 saturated heterocycles. The van der Waals surface area contributed by atoms with Crippen molar-refractivity contribution in [3.05, 3.63) is 82.3 Å². The van der Waals surface area contributed by atoms with Crippen molar-refractivity contribution in [2.24, 2.45) is 0 Å². The van der Waals surface area contributed by atoms with Crippen LogP contribution in [0.2, 0.25) is 10.0 Å². The van der Waals surface area contributed by atoms with Crippen LogP contribution in [0.4, 0.5) is 11.4 Å². The van der Waals surface area contributed by atoms with Crippen LogP contribution >= 0.6 is 23.2 Å². The third-order valence-corrected chi connectivity index (χ3v) is 4.55. The minimum atomic E-state index is -0.478. The van der Waals surface area contributed by atoms with Crippen molar-refractivity contribution in [3.63, 3.8) is 0 Å². The number of anilines is 2. The molecule has 0 radical (unpaired) electrons. The van der Waals surface area contributed by atoms with Crippen molar-refractivity contribution < 1.29 is 23.9 Å². The van der Waals surface area contributed by atoms with Crippen LogP contribution in [0.25, 0.3) is 0 Å². The van der Waals surface area contributed by atoms with Crippen molar-refractivity contribution in [1.29, 1.82) is 0 Å². The monoisotopic (exact) mass is 472 g/mol. The van der Waals surface area contributed by atoms with E-state index < -0.39 is 17.8 Å².